The van der Waals surface area contributed by atoms with E-state index >= 15 is 0 Å². The van der Waals surface area contributed by atoms with Gasteiger partial charge < -0.3 is 5.32 Å². The minimum atomic E-state index is -3.15. The fraction of sp³-hybridized carbons (Fsp3) is 0.455. The van der Waals surface area contributed by atoms with Crippen LogP contribution in [-0.4, -0.2) is 13.2 Å². The third kappa shape index (κ3) is 5.87. The molecule has 142 valence electrons. The van der Waals surface area contributed by atoms with Crippen molar-refractivity contribution in [1.82, 2.24) is 0 Å². The van der Waals surface area contributed by atoms with Crippen LogP contribution in [0.1, 0.15) is 57.2 Å². The molecule has 0 aliphatic heterocycles. The number of hydrogen-bond acceptors (Lipinski definition) is 3. The standard InChI is InChI=1S/C22H31NO2S/c1-5-6-7-18-8-10-19(11-9-18)16-23-21-14-12-20(13-15-21)17-26(24,25)22(2,3)4/h8-15,23H,5-7,16-17H2,1-4H3. The highest BCUT2D eigenvalue weighted by atomic mass is 32.2. The fourth-order valence-electron chi connectivity index (χ4n) is 2.56. The molecule has 2 rings (SSSR count). The summed E-state index contributed by atoms with van der Waals surface area (Å²) in [6.07, 6.45) is 3.59. The van der Waals surface area contributed by atoms with Gasteiger partial charge in [0.25, 0.3) is 0 Å². The van der Waals surface area contributed by atoms with Gasteiger partial charge in [-0.3, -0.25) is 0 Å². The summed E-state index contributed by atoms with van der Waals surface area (Å²) in [4.78, 5) is 0. The van der Waals surface area contributed by atoms with Gasteiger partial charge in [0.2, 0.25) is 0 Å². The average Bonchev–Trinajstić information content (AvgIpc) is 2.59. The van der Waals surface area contributed by atoms with Crippen LogP contribution in [0.25, 0.3) is 0 Å². The predicted octanol–water partition coefficient (Wildman–Crippen LogP) is 5.35. The Kier molecular flexibility index (Phi) is 6.87. The predicted molar refractivity (Wildman–Crippen MR) is 111 cm³/mol. The van der Waals surface area contributed by atoms with Crippen molar-refractivity contribution in [2.75, 3.05) is 5.32 Å². The van der Waals surface area contributed by atoms with E-state index in [9.17, 15) is 8.42 Å². The van der Waals surface area contributed by atoms with Gasteiger partial charge in [0.1, 0.15) is 0 Å². The SMILES string of the molecule is CCCCc1ccc(CNc2ccc(CS(=O)(=O)C(C)(C)C)cc2)cc1. The second-order valence-corrected chi connectivity index (χ2v) is 10.6. The molecule has 0 aliphatic carbocycles. The van der Waals surface area contributed by atoms with Crippen molar-refractivity contribution >= 4 is 15.5 Å². The molecule has 4 heteroatoms. The summed E-state index contributed by atoms with van der Waals surface area (Å²) in [5.74, 6) is 0.0794. The number of benzene rings is 2. The first-order valence-electron chi connectivity index (χ1n) is 9.34. The molecular formula is C22H31NO2S. The average molecular weight is 374 g/mol. The number of nitrogens with one attached hydrogen (secondary N) is 1. The molecule has 1 N–H and O–H groups in total. The van der Waals surface area contributed by atoms with Gasteiger partial charge in [0.15, 0.2) is 9.84 Å². The first-order chi connectivity index (χ1) is 12.2. The quantitative estimate of drug-likeness (QED) is 0.678. The molecule has 0 aromatic heterocycles. The Morgan fingerprint density at radius 1 is 0.846 bits per heavy atom. The molecule has 2 aromatic rings. The Morgan fingerprint density at radius 2 is 1.38 bits per heavy atom. The molecule has 0 saturated carbocycles. The van der Waals surface area contributed by atoms with Gasteiger partial charge in [-0.1, -0.05) is 49.7 Å². The van der Waals surface area contributed by atoms with Crippen molar-refractivity contribution in [1.29, 1.82) is 0 Å². The summed E-state index contributed by atoms with van der Waals surface area (Å²) in [5.41, 5.74) is 4.45. The first-order valence-corrected chi connectivity index (χ1v) is 11.0. The zero-order valence-electron chi connectivity index (χ0n) is 16.4. The Bertz CT molecular complexity index is 786. The van der Waals surface area contributed by atoms with Crippen molar-refractivity contribution in [2.24, 2.45) is 0 Å². The van der Waals surface area contributed by atoms with Gasteiger partial charge in [-0.25, -0.2) is 8.42 Å². The largest absolute Gasteiger partial charge is 0.381 e. The second kappa shape index (κ2) is 8.72. The molecule has 2 aromatic carbocycles. The molecule has 0 aliphatic rings. The maximum absolute atomic E-state index is 12.3. The lowest BCUT2D eigenvalue weighted by atomic mass is 10.1. The highest BCUT2D eigenvalue weighted by Gasteiger charge is 2.28. The van der Waals surface area contributed by atoms with Gasteiger partial charge in [0, 0.05) is 12.2 Å². The Balaban J connectivity index is 1.91. The van der Waals surface area contributed by atoms with E-state index in [-0.39, 0.29) is 5.75 Å². The third-order valence-electron chi connectivity index (χ3n) is 4.58. The Hall–Kier alpha value is -1.81. The van der Waals surface area contributed by atoms with Crippen LogP contribution in [0, 0.1) is 0 Å². The van der Waals surface area contributed by atoms with Crippen molar-refractivity contribution < 1.29 is 8.42 Å². The minimum absolute atomic E-state index is 0.0794. The second-order valence-electron chi connectivity index (χ2n) is 7.84. The summed E-state index contributed by atoms with van der Waals surface area (Å²) in [7, 11) is -3.15. The number of unbranched alkanes of at least 4 members (excludes halogenated alkanes) is 1. The topological polar surface area (TPSA) is 46.2 Å². The van der Waals surface area contributed by atoms with Crippen molar-refractivity contribution in [3.63, 3.8) is 0 Å². The third-order valence-corrected chi connectivity index (χ3v) is 7.16. The van der Waals surface area contributed by atoms with Gasteiger partial charge in [-0.15, -0.1) is 0 Å². The minimum Gasteiger partial charge on any atom is -0.381 e. The lowest BCUT2D eigenvalue weighted by molar-refractivity contribution is 0.559. The smallest absolute Gasteiger partial charge is 0.159 e. The van der Waals surface area contributed by atoms with E-state index in [1.807, 2.05) is 24.3 Å². The van der Waals surface area contributed by atoms with E-state index in [1.165, 1.54) is 24.0 Å². The van der Waals surface area contributed by atoms with Gasteiger partial charge >= 0.3 is 0 Å². The van der Waals surface area contributed by atoms with Crippen LogP contribution in [0.5, 0.6) is 0 Å². The lowest BCUT2D eigenvalue weighted by Gasteiger charge is -2.19. The summed E-state index contributed by atoms with van der Waals surface area (Å²) in [5, 5.41) is 3.39. The van der Waals surface area contributed by atoms with Crippen LogP contribution in [0.15, 0.2) is 48.5 Å². The van der Waals surface area contributed by atoms with Gasteiger partial charge in [0.05, 0.1) is 10.5 Å². The number of hydrogen-bond donors (Lipinski definition) is 1. The Labute approximate surface area is 158 Å². The van der Waals surface area contributed by atoms with Crippen molar-refractivity contribution in [3.05, 3.63) is 65.2 Å². The van der Waals surface area contributed by atoms with E-state index in [2.05, 4.69) is 36.5 Å². The van der Waals surface area contributed by atoms with Gasteiger partial charge in [-0.05, 0) is 62.4 Å². The monoisotopic (exact) mass is 373 g/mol. The van der Waals surface area contributed by atoms with Crippen LogP contribution in [0.2, 0.25) is 0 Å². The molecule has 0 fully saturated rings. The van der Waals surface area contributed by atoms with Crippen molar-refractivity contribution in [3.8, 4) is 0 Å². The van der Waals surface area contributed by atoms with Crippen LogP contribution in [0.3, 0.4) is 0 Å². The highest BCUT2D eigenvalue weighted by Crippen LogP contribution is 2.21. The van der Waals surface area contributed by atoms with E-state index in [4.69, 9.17) is 0 Å². The Morgan fingerprint density at radius 3 is 1.92 bits per heavy atom. The normalized spacial score (nSPS) is 12.2. The molecule has 26 heavy (non-hydrogen) atoms. The molecule has 0 unspecified atom stereocenters. The highest BCUT2D eigenvalue weighted by molar-refractivity contribution is 7.91. The van der Waals surface area contributed by atoms with Crippen LogP contribution in [-0.2, 0) is 28.6 Å². The first kappa shape index (κ1) is 20.5. The molecule has 0 amide bonds. The molecular weight excluding hydrogens is 342 g/mol. The van der Waals surface area contributed by atoms with E-state index in [0.717, 1.165) is 24.2 Å². The molecule has 0 spiro atoms. The molecule has 3 nitrogen and oxygen atoms in total. The van der Waals surface area contributed by atoms with E-state index < -0.39 is 14.6 Å². The maximum atomic E-state index is 12.3. The number of sulfone groups is 1. The number of aryl methyl sites for hydroxylation is 1. The summed E-state index contributed by atoms with van der Waals surface area (Å²) in [6, 6.07) is 16.4. The van der Waals surface area contributed by atoms with Gasteiger partial charge in [-0.2, -0.15) is 0 Å². The summed E-state index contributed by atoms with van der Waals surface area (Å²) >= 11 is 0. The van der Waals surface area contributed by atoms with Crippen molar-refractivity contribution in [2.45, 2.75) is 64.0 Å². The zero-order chi connectivity index (χ0) is 19.2. The van der Waals surface area contributed by atoms with E-state index in [0.29, 0.717) is 0 Å². The maximum Gasteiger partial charge on any atom is 0.159 e. The summed E-state index contributed by atoms with van der Waals surface area (Å²) < 4.78 is 23.9. The van der Waals surface area contributed by atoms with Crippen LogP contribution in [0.4, 0.5) is 5.69 Å². The lowest BCUT2D eigenvalue weighted by Crippen LogP contribution is -2.29. The summed E-state index contributed by atoms with van der Waals surface area (Å²) in [6.45, 7) is 8.19. The molecule has 0 bridgehead atoms. The van der Waals surface area contributed by atoms with Crippen LogP contribution >= 0.6 is 0 Å². The van der Waals surface area contributed by atoms with Crippen LogP contribution < -0.4 is 5.32 Å². The molecule has 0 radical (unpaired) electrons. The zero-order valence-corrected chi connectivity index (χ0v) is 17.2. The number of anilines is 1. The fourth-order valence-corrected chi connectivity index (χ4v) is 3.63. The molecule has 0 heterocycles. The molecule has 0 saturated heterocycles. The van der Waals surface area contributed by atoms with E-state index in [1.54, 1.807) is 20.8 Å². The number of rotatable bonds is 8. The molecule has 0 atom stereocenters.